The topological polar surface area (TPSA) is 89.8 Å². The van der Waals surface area contributed by atoms with Crippen LogP contribution < -0.4 is 5.32 Å². The molecule has 0 fully saturated rings. The monoisotopic (exact) mass is 273 g/mol. The van der Waals surface area contributed by atoms with E-state index in [2.05, 4.69) is 5.32 Å². The van der Waals surface area contributed by atoms with Crippen LogP contribution in [0.1, 0.15) is 21.5 Å². The Labute approximate surface area is 116 Å². The lowest BCUT2D eigenvalue weighted by molar-refractivity contribution is 0.102. The summed E-state index contributed by atoms with van der Waals surface area (Å²) in [6.07, 6.45) is 0. The number of rotatable bonds is 2. The van der Waals surface area contributed by atoms with Gasteiger partial charge in [-0.05, 0) is 49.2 Å². The van der Waals surface area contributed by atoms with Crippen LogP contribution >= 0.6 is 0 Å². The molecule has 2 aromatic rings. The van der Waals surface area contributed by atoms with E-state index in [1.165, 1.54) is 0 Å². The molecule has 0 unspecified atom stereocenters. The largest absolute Gasteiger partial charge is 0.504 e. The first-order valence-electron chi connectivity index (χ1n) is 6.02. The Morgan fingerprint density at radius 1 is 0.950 bits per heavy atom. The molecule has 0 radical (unpaired) electrons. The summed E-state index contributed by atoms with van der Waals surface area (Å²) in [6, 6.07) is 7.65. The molecule has 1 amide bonds. The van der Waals surface area contributed by atoms with Crippen molar-refractivity contribution in [2.75, 3.05) is 5.32 Å². The van der Waals surface area contributed by atoms with Crippen LogP contribution in [0.4, 0.5) is 5.69 Å². The molecule has 2 aromatic carbocycles. The first-order chi connectivity index (χ1) is 9.38. The fourth-order valence-electron chi connectivity index (χ4n) is 1.76. The van der Waals surface area contributed by atoms with E-state index in [-0.39, 0.29) is 5.56 Å². The molecule has 104 valence electrons. The smallest absolute Gasteiger partial charge is 0.255 e. The molecule has 4 N–H and O–H groups in total. The maximum absolute atomic E-state index is 12.0. The Kier molecular flexibility index (Phi) is 3.52. The van der Waals surface area contributed by atoms with Crippen LogP contribution in [0.5, 0.6) is 17.2 Å². The highest BCUT2D eigenvalue weighted by atomic mass is 16.3. The van der Waals surface area contributed by atoms with Gasteiger partial charge in [-0.3, -0.25) is 4.79 Å². The van der Waals surface area contributed by atoms with Gasteiger partial charge in [-0.1, -0.05) is 6.07 Å². The number of carbonyl (C=O) groups is 1. The van der Waals surface area contributed by atoms with E-state index in [0.29, 0.717) is 5.69 Å². The molecule has 0 spiro atoms. The molecule has 0 saturated heterocycles. The van der Waals surface area contributed by atoms with E-state index >= 15 is 0 Å². The van der Waals surface area contributed by atoms with Crippen LogP contribution in [-0.2, 0) is 0 Å². The minimum Gasteiger partial charge on any atom is -0.504 e. The molecule has 0 saturated carbocycles. The van der Waals surface area contributed by atoms with E-state index in [0.717, 1.165) is 23.3 Å². The highest BCUT2D eigenvalue weighted by Crippen LogP contribution is 2.35. The van der Waals surface area contributed by atoms with Crippen LogP contribution in [0.15, 0.2) is 30.3 Å². The molecule has 0 bridgehead atoms. The van der Waals surface area contributed by atoms with E-state index in [9.17, 15) is 20.1 Å². The highest BCUT2D eigenvalue weighted by molar-refractivity contribution is 6.05. The fraction of sp³-hybridized carbons (Fsp3) is 0.133. The Morgan fingerprint density at radius 3 is 2.10 bits per heavy atom. The van der Waals surface area contributed by atoms with Crippen molar-refractivity contribution in [1.82, 2.24) is 0 Å². The lowest BCUT2D eigenvalue weighted by Crippen LogP contribution is -2.11. The number of benzene rings is 2. The second-order valence-electron chi connectivity index (χ2n) is 4.62. The number of amides is 1. The number of phenolic OH excluding ortho intramolecular Hbond substituents is 3. The van der Waals surface area contributed by atoms with Gasteiger partial charge < -0.3 is 20.6 Å². The van der Waals surface area contributed by atoms with Crippen LogP contribution in [0.2, 0.25) is 0 Å². The standard InChI is InChI=1S/C15H15NO4/c1-8-3-4-11(5-9(8)2)16-15(20)10-6-12(17)14(19)13(18)7-10/h3-7,17-19H,1-2H3,(H,16,20). The van der Waals surface area contributed by atoms with Crippen molar-refractivity contribution in [2.45, 2.75) is 13.8 Å². The summed E-state index contributed by atoms with van der Waals surface area (Å²) < 4.78 is 0. The minimum atomic E-state index is -0.646. The van der Waals surface area contributed by atoms with Crippen molar-refractivity contribution in [1.29, 1.82) is 0 Å². The van der Waals surface area contributed by atoms with Gasteiger partial charge in [-0.25, -0.2) is 0 Å². The average molecular weight is 273 g/mol. The summed E-state index contributed by atoms with van der Waals surface area (Å²) in [5.41, 5.74) is 2.82. The van der Waals surface area contributed by atoms with Gasteiger partial charge in [-0.15, -0.1) is 0 Å². The molecule has 5 nitrogen and oxygen atoms in total. The molecule has 0 aliphatic rings. The van der Waals surface area contributed by atoms with Gasteiger partial charge in [0.2, 0.25) is 0 Å². The number of aryl methyl sites for hydroxylation is 2. The number of carbonyl (C=O) groups excluding carboxylic acids is 1. The van der Waals surface area contributed by atoms with Gasteiger partial charge in [0.1, 0.15) is 0 Å². The van der Waals surface area contributed by atoms with Crippen molar-refractivity contribution in [3.8, 4) is 17.2 Å². The second kappa shape index (κ2) is 5.13. The molecular formula is C15H15NO4. The highest BCUT2D eigenvalue weighted by Gasteiger charge is 2.13. The van der Waals surface area contributed by atoms with Crippen LogP contribution in [0.3, 0.4) is 0 Å². The second-order valence-corrected chi connectivity index (χ2v) is 4.62. The lowest BCUT2D eigenvalue weighted by Gasteiger charge is -2.09. The maximum atomic E-state index is 12.0. The molecule has 0 atom stereocenters. The molecular weight excluding hydrogens is 258 g/mol. The third-order valence-corrected chi connectivity index (χ3v) is 3.10. The molecule has 0 aliphatic heterocycles. The molecule has 0 heterocycles. The number of nitrogens with one attached hydrogen (secondary N) is 1. The third-order valence-electron chi connectivity index (χ3n) is 3.10. The summed E-state index contributed by atoms with van der Waals surface area (Å²) in [5, 5.41) is 30.7. The zero-order valence-corrected chi connectivity index (χ0v) is 11.1. The molecule has 0 aliphatic carbocycles. The third kappa shape index (κ3) is 2.66. The van der Waals surface area contributed by atoms with Gasteiger partial charge in [0.05, 0.1) is 0 Å². The fourth-order valence-corrected chi connectivity index (χ4v) is 1.76. The number of phenols is 3. The Balaban J connectivity index is 2.26. The first kappa shape index (κ1) is 13.7. The lowest BCUT2D eigenvalue weighted by atomic mass is 10.1. The Hall–Kier alpha value is -2.69. The summed E-state index contributed by atoms with van der Waals surface area (Å²) in [6.45, 7) is 3.90. The van der Waals surface area contributed by atoms with Gasteiger partial charge >= 0.3 is 0 Å². The molecule has 0 aromatic heterocycles. The zero-order chi connectivity index (χ0) is 14.9. The quantitative estimate of drug-likeness (QED) is 0.633. The van der Waals surface area contributed by atoms with Gasteiger partial charge in [-0.2, -0.15) is 0 Å². The molecule has 2 rings (SSSR count). The first-order valence-corrected chi connectivity index (χ1v) is 6.02. The van der Waals surface area contributed by atoms with E-state index < -0.39 is 23.2 Å². The Morgan fingerprint density at radius 2 is 1.55 bits per heavy atom. The number of hydrogen-bond acceptors (Lipinski definition) is 4. The summed E-state index contributed by atoms with van der Waals surface area (Å²) in [4.78, 5) is 12.0. The van der Waals surface area contributed by atoms with Crippen molar-refractivity contribution < 1.29 is 20.1 Å². The Bertz CT molecular complexity index is 657. The average Bonchev–Trinajstić information content (AvgIpc) is 2.39. The molecule has 20 heavy (non-hydrogen) atoms. The number of hydrogen-bond donors (Lipinski definition) is 4. The van der Waals surface area contributed by atoms with E-state index in [1.54, 1.807) is 6.07 Å². The van der Waals surface area contributed by atoms with Crippen molar-refractivity contribution in [2.24, 2.45) is 0 Å². The normalized spacial score (nSPS) is 10.3. The number of anilines is 1. The van der Waals surface area contributed by atoms with Gasteiger partial charge in [0.25, 0.3) is 5.91 Å². The van der Waals surface area contributed by atoms with Gasteiger partial charge in [0.15, 0.2) is 17.2 Å². The van der Waals surface area contributed by atoms with E-state index in [1.807, 2.05) is 26.0 Å². The summed E-state index contributed by atoms with van der Waals surface area (Å²) >= 11 is 0. The van der Waals surface area contributed by atoms with E-state index in [4.69, 9.17) is 0 Å². The SMILES string of the molecule is Cc1ccc(NC(=O)c2cc(O)c(O)c(O)c2)cc1C. The van der Waals surface area contributed by atoms with Crippen molar-refractivity contribution >= 4 is 11.6 Å². The maximum Gasteiger partial charge on any atom is 0.255 e. The summed E-state index contributed by atoms with van der Waals surface area (Å²) in [5.74, 6) is -2.22. The van der Waals surface area contributed by atoms with Crippen molar-refractivity contribution in [3.05, 3.63) is 47.0 Å². The zero-order valence-electron chi connectivity index (χ0n) is 11.1. The minimum absolute atomic E-state index is 0.0519. The summed E-state index contributed by atoms with van der Waals surface area (Å²) in [7, 11) is 0. The van der Waals surface area contributed by atoms with Gasteiger partial charge in [0, 0.05) is 11.3 Å². The predicted octanol–water partition coefficient (Wildman–Crippen LogP) is 2.67. The van der Waals surface area contributed by atoms with Crippen LogP contribution in [-0.4, -0.2) is 21.2 Å². The predicted molar refractivity (Wildman–Crippen MR) is 75.3 cm³/mol. The molecule has 5 heteroatoms. The van der Waals surface area contributed by atoms with Crippen LogP contribution in [0, 0.1) is 13.8 Å². The number of aromatic hydroxyl groups is 3. The van der Waals surface area contributed by atoms with Crippen LogP contribution in [0.25, 0.3) is 0 Å². The van der Waals surface area contributed by atoms with Crippen molar-refractivity contribution in [3.63, 3.8) is 0 Å².